The van der Waals surface area contributed by atoms with Crippen molar-refractivity contribution in [1.82, 2.24) is 5.32 Å². The maximum absolute atomic E-state index is 5.29. The molecular formula is C15H19NO. The maximum Gasteiger partial charge on any atom is 0.119 e. The van der Waals surface area contributed by atoms with Gasteiger partial charge in [-0.2, -0.15) is 0 Å². The predicted molar refractivity (Wildman–Crippen MR) is 70.1 cm³/mol. The van der Waals surface area contributed by atoms with E-state index < -0.39 is 0 Å². The van der Waals surface area contributed by atoms with Crippen LogP contribution in [0.2, 0.25) is 0 Å². The molecule has 0 amide bonds. The van der Waals surface area contributed by atoms with Crippen LogP contribution in [0.4, 0.5) is 0 Å². The fraction of sp³-hybridized carbons (Fsp3) is 0.467. The Kier molecular flexibility index (Phi) is 4.06. The Labute approximate surface area is 103 Å². The largest absolute Gasteiger partial charge is 0.497 e. The van der Waals surface area contributed by atoms with E-state index in [-0.39, 0.29) is 0 Å². The van der Waals surface area contributed by atoms with Gasteiger partial charge in [0.15, 0.2) is 0 Å². The Balaban J connectivity index is 2.14. The highest BCUT2D eigenvalue weighted by molar-refractivity contribution is 5.39. The lowest BCUT2D eigenvalue weighted by molar-refractivity contribution is 0.409. The quantitative estimate of drug-likeness (QED) is 0.633. The molecule has 0 spiro atoms. The first kappa shape index (κ1) is 12.0. The Bertz CT molecular complexity index is 419. The van der Waals surface area contributed by atoms with Gasteiger partial charge in [0.1, 0.15) is 5.75 Å². The van der Waals surface area contributed by atoms with E-state index >= 15 is 0 Å². The van der Waals surface area contributed by atoms with Crippen LogP contribution in [0.3, 0.4) is 0 Å². The van der Waals surface area contributed by atoms with Crippen LogP contribution in [0.25, 0.3) is 0 Å². The summed E-state index contributed by atoms with van der Waals surface area (Å²) in [5.41, 5.74) is 2.82. The molecule has 1 N–H and O–H groups in total. The van der Waals surface area contributed by atoms with Crippen molar-refractivity contribution in [2.75, 3.05) is 13.7 Å². The van der Waals surface area contributed by atoms with Gasteiger partial charge in [0, 0.05) is 19.0 Å². The molecule has 1 atom stereocenters. The molecule has 0 fully saturated rings. The molecule has 0 saturated heterocycles. The van der Waals surface area contributed by atoms with Crippen molar-refractivity contribution in [2.24, 2.45) is 0 Å². The number of hydrogen-bond donors (Lipinski definition) is 1. The van der Waals surface area contributed by atoms with Crippen LogP contribution >= 0.6 is 0 Å². The van der Waals surface area contributed by atoms with E-state index in [1.54, 1.807) is 7.11 Å². The predicted octanol–water partition coefficient (Wildman–Crippen LogP) is 2.69. The zero-order chi connectivity index (χ0) is 12.1. The van der Waals surface area contributed by atoms with Crippen molar-refractivity contribution in [2.45, 2.75) is 31.7 Å². The molecule has 17 heavy (non-hydrogen) atoms. The van der Waals surface area contributed by atoms with E-state index in [9.17, 15) is 0 Å². The summed E-state index contributed by atoms with van der Waals surface area (Å²) in [5, 5.41) is 3.53. The van der Waals surface area contributed by atoms with Crippen LogP contribution in [-0.4, -0.2) is 13.7 Å². The molecule has 0 aromatic heterocycles. The van der Waals surface area contributed by atoms with Crippen molar-refractivity contribution < 1.29 is 4.74 Å². The van der Waals surface area contributed by atoms with Crippen molar-refractivity contribution in [3.05, 3.63) is 29.3 Å². The molecule has 0 saturated carbocycles. The molecule has 1 aliphatic rings. The maximum atomic E-state index is 5.29. The topological polar surface area (TPSA) is 21.3 Å². The number of rotatable bonds is 4. The molecule has 2 heteroatoms. The molecule has 0 radical (unpaired) electrons. The van der Waals surface area contributed by atoms with E-state index in [4.69, 9.17) is 11.2 Å². The smallest absolute Gasteiger partial charge is 0.119 e. The van der Waals surface area contributed by atoms with E-state index in [1.807, 2.05) is 6.07 Å². The molecule has 90 valence electrons. The first-order chi connectivity index (χ1) is 8.35. The third-order valence-electron chi connectivity index (χ3n) is 3.33. The van der Waals surface area contributed by atoms with Gasteiger partial charge in [0.05, 0.1) is 7.11 Å². The average Bonchev–Trinajstić information content (AvgIpc) is 2.39. The summed E-state index contributed by atoms with van der Waals surface area (Å²) >= 11 is 0. The van der Waals surface area contributed by atoms with Crippen LogP contribution in [0.1, 0.15) is 36.4 Å². The lowest BCUT2D eigenvalue weighted by Gasteiger charge is -2.26. The Morgan fingerprint density at radius 2 is 2.41 bits per heavy atom. The van der Waals surface area contributed by atoms with Gasteiger partial charge >= 0.3 is 0 Å². The molecule has 1 aliphatic carbocycles. The van der Waals surface area contributed by atoms with E-state index in [0.29, 0.717) is 6.04 Å². The lowest BCUT2D eigenvalue weighted by Crippen LogP contribution is -2.26. The summed E-state index contributed by atoms with van der Waals surface area (Å²) in [6.45, 7) is 0.887. The van der Waals surface area contributed by atoms with Crippen LogP contribution in [0, 0.1) is 12.3 Å². The van der Waals surface area contributed by atoms with Gasteiger partial charge in [0.2, 0.25) is 0 Å². The zero-order valence-corrected chi connectivity index (χ0v) is 10.3. The van der Waals surface area contributed by atoms with Crippen LogP contribution in [0.15, 0.2) is 18.2 Å². The number of ether oxygens (including phenoxy) is 1. The van der Waals surface area contributed by atoms with Crippen molar-refractivity contribution in [3.8, 4) is 18.1 Å². The number of aryl methyl sites for hydroxylation is 1. The summed E-state index contributed by atoms with van der Waals surface area (Å²) in [7, 11) is 1.71. The van der Waals surface area contributed by atoms with Gasteiger partial charge in [-0.3, -0.25) is 0 Å². The SMILES string of the molecule is C#CCCNC1CCCc2ccc(OC)cc21. The summed E-state index contributed by atoms with van der Waals surface area (Å²) in [4.78, 5) is 0. The first-order valence-corrected chi connectivity index (χ1v) is 6.19. The number of methoxy groups -OCH3 is 1. The average molecular weight is 229 g/mol. The van der Waals surface area contributed by atoms with E-state index in [0.717, 1.165) is 18.7 Å². The highest BCUT2D eigenvalue weighted by Gasteiger charge is 2.19. The van der Waals surface area contributed by atoms with Crippen molar-refractivity contribution >= 4 is 0 Å². The molecule has 1 aromatic rings. The van der Waals surface area contributed by atoms with E-state index in [2.05, 4.69) is 23.4 Å². The Morgan fingerprint density at radius 1 is 1.53 bits per heavy atom. The molecular weight excluding hydrogens is 210 g/mol. The van der Waals surface area contributed by atoms with Crippen molar-refractivity contribution in [3.63, 3.8) is 0 Å². The second-order valence-electron chi connectivity index (χ2n) is 4.42. The van der Waals surface area contributed by atoms with Gasteiger partial charge in [-0.05, 0) is 42.5 Å². The van der Waals surface area contributed by atoms with Gasteiger partial charge in [-0.25, -0.2) is 0 Å². The minimum atomic E-state index is 0.433. The van der Waals surface area contributed by atoms with Crippen LogP contribution < -0.4 is 10.1 Å². The number of benzene rings is 1. The molecule has 0 bridgehead atoms. The van der Waals surface area contributed by atoms with Crippen molar-refractivity contribution in [1.29, 1.82) is 0 Å². The highest BCUT2D eigenvalue weighted by atomic mass is 16.5. The summed E-state index contributed by atoms with van der Waals surface area (Å²) in [6, 6.07) is 6.82. The third-order valence-corrected chi connectivity index (χ3v) is 3.33. The summed E-state index contributed by atoms with van der Waals surface area (Å²) in [6.07, 6.45) is 9.66. The number of hydrogen-bond acceptors (Lipinski definition) is 2. The summed E-state index contributed by atoms with van der Waals surface area (Å²) in [5.74, 6) is 3.61. The molecule has 2 rings (SSSR count). The monoisotopic (exact) mass is 229 g/mol. The molecule has 1 unspecified atom stereocenters. The highest BCUT2D eigenvalue weighted by Crippen LogP contribution is 2.32. The number of nitrogens with one attached hydrogen (secondary N) is 1. The van der Waals surface area contributed by atoms with E-state index in [1.165, 1.54) is 30.4 Å². The zero-order valence-electron chi connectivity index (χ0n) is 10.3. The summed E-state index contributed by atoms with van der Waals surface area (Å²) < 4.78 is 5.29. The molecule has 1 aromatic carbocycles. The normalized spacial score (nSPS) is 18.2. The fourth-order valence-corrected chi connectivity index (χ4v) is 2.43. The number of fused-ring (bicyclic) bond motifs is 1. The minimum absolute atomic E-state index is 0.433. The van der Waals surface area contributed by atoms with Crippen LogP contribution in [0.5, 0.6) is 5.75 Å². The molecule has 0 aliphatic heterocycles. The second kappa shape index (κ2) is 5.75. The van der Waals surface area contributed by atoms with Crippen LogP contribution in [-0.2, 0) is 6.42 Å². The first-order valence-electron chi connectivity index (χ1n) is 6.19. The Hall–Kier alpha value is -1.46. The van der Waals surface area contributed by atoms with Gasteiger partial charge in [0.25, 0.3) is 0 Å². The minimum Gasteiger partial charge on any atom is -0.497 e. The second-order valence-corrected chi connectivity index (χ2v) is 4.42. The number of terminal acetylenes is 1. The van der Waals surface area contributed by atoms with Gasteiger partial charge in [-0.1, -0.05) is 6.07 Å². The van der Waals surface area contributed by atoms with Gasteiger partial charge < -0.3 is 10.1 Å². The fourth-order valence-electron chi connectivity index (χ4n) is 2.43. The molecule has 2 nitrogen and oxygen atoms in total. The lowest BCUT2D eigenvalue weighted by atomic mass is 9.87. The Morgan fingerprint density at radius 3 is 3.18 bits per heavy atom. The molecule has 0 heterocycles. The third kappa shape index (κ3) is 2.81. The van der Waals surface area contributed by atoms with Gasteiger partial charge in [-0.15, -0.1) is 12.3 Å². The standard InChI is InChI=1S/C15H19NO/c1-3-4-10-16-15-7-5-6-12-8-9-13(17-2)11-14(12)15/h1,8-9,11,15-16H,4-7,10H2,2H3.